The first kappa shape index (κ1) is 20.9. The normalized spacial score (nSPS) is 14.5. The number of nitrogens with zero attached hydrogens (tertiary/aromatic N) is 3. The van der Waals surface area contributed by atoms with Crippen molar-refractivity contribution in [2.45, 2.75) is 30.3 Å². The van der Waals surface area contributed by atoms with Crippen molar-refractivity contribution in [3.05, 3.63) is 29.4 Å². The number of carbonyl (C=O) groups excluding carboxylic acids is 1. The molecule has 0 bridgehead atoms. The van der Waals surface area contributed by atoms with E-state index in [1.807, 2.05) is 0 Å². The molecule has 1 amide bonds. The molecule has 10 heteroatoms. The van der Waals surface area contributed by atoms with Gasteiger partial charge >= 0.3 is 0 Å². The van der Waals surface area contributed by atoms with Crippen molar-refractivity contribution >= 4 is 45.0 Å². The summed E-state index contributed by atoms with van der Waals surface area (Å²) < 4.78 is 26.7. The Balaban J connectivity index is 1.84. The van der Waals surface area contributed by atoms with Crippen LogP contribution in [0.25, 0.3) is 11.3 Å². The molecular formula is C18H21ClN4O3S2. The molecule has 0 saturated carbocycles. The lowest BCUT2D eigenvalue weighted by Gasteiger charge is -2.28. The Morgan fingerprint density at radius 3 is 2.82 bits per heavy atom. The van der Waals surface area contributed by atoms with Gasteiger partial charge in [-0.3, -0.25) is 9.10 Å². The molecule has 0 aliphatic carbocycles. The fourth-order valence-corrected chi connectivity index (χ4v) is 4.85. The van der Waals surface area contributed by atoms with Crippen LogP contribution in [0.3, 0.4) is 0 Å². The summed E-state index contributed by atoms with van der Waals surface area (Å²) in [5, 5.41) is 3.67. The third-order valence-electron chi connectivity index (χ3n) is 4.30. The lowest BCUT2D eigenvalue weighted by atomic mass is 10.1. The van der Waals surface area contributed by atoms with Gasteiger partial charge < -0.3 is 5.32 Å². The van der Waals surface area contributed by atoms with Gasteiger partial charge in [-0.25, -0.2) is 18.4 Å². The molecule has 0 unspecified atom stereocenters. The van der Waals surface area contributed by atoms with Crippen LogP contribution in [0.2, 0.25) is 5.02 Å². The Hall–Kier alpha value is -1.84. The number of carbonyl (C=O) groups is 1. The molecule has 0 atom stereocenters. The second-order valence-electron chi connectivity index (χ2n) is 6.82. The highest BCUT2D eigenvalue weighted by molar-refractivity contribution is 7.99. The number of anilines is 1. The highest BCUT2D eigenvalue weighted by Crippen LogP contribution is 2.42. The average Bonchev–Trinajstić information content (AvgIpc) is 2.64. The molecule has 0 spiro atoms. The van der Waals surface area contributed by atoms with Crippen LogP contribution in [0, 0.1) is 5.92 Å². The summed E-state index contributed by atoms with van der Waals surface area (Å²) in [6.07, 6.45) is 2.20. The van der Waals surface area contributed by atoms with Gasteiger partial charge in [0, 0.05) is 24.2 Å². The van der Waals surface area contributed by atoms with Gasteiger partial charge in [-0.1, -0.05) is 37.2 Å². The number of halogens is 1. The van der Waals surface area contributed by atoms with Crippen molar-refractivity contribution in [2.75, 3.05) is 23.7 Å². The first-order valence-corrected chi connectivity index (χ1v) is 11.6. The van der Waals surface area contributed by atoms with Gasteiger partial charge in [0.15, 0.2) is 5.16 Å². The quantitative estimate of drug-likeness (QED) is 0.547. The standard InChI is InChI=1S/C18H21ClN4O3S2/c1-11(2)6-7-20-16(24)10-27-18-21-9-15-17(22-18)13-8-12(19)4-5-14(13)23(3)28(15,25)26/h4-5,8-9,11H,6-7,10H2,1-3H3,(H,20,24). The number of aromatic nitrogens is 2. The van der Waals surface area contributed by atoms with Crippen LogP contribution in [-0.2, 0) is 14.8 Å². The predicted octanol–water partition coefficient (Wildman–Crippen LogP) is 3.19. The van der Waals surface area contributed by atoms with Crippen molar-refractivity contribution in [1.82, 2.24) is 15.3 Å². The van der Waals surface area contributed by atoms with Crippen LogP contribution in [-0.4, -0.2) is 43.6 Å². The Kier molecular flexibility index (Phi) is 6.16. The van der Waals surface area contributed by atoms with E-state index in [2.05, 4.69) is 29.1 Å². The third-order valence-corrected chi connectivity index (χ3v) is 7.17. The number of hydrogen-bond donors (Lipinski definition) is 1. The Morgan fingerprint density at radius 1 is 1.36 bits per heavy atom. The maximum Gasteiger partial charge on any atom is 0.267 e. The van der Waals surface area contributed by atoms with E-state index in [1.54, 1.807) is 18.2 Å². The highest BCUT2D eigenvalue weighted by atomic mass is 35.5. The predicted molar refractivity (Wildman–Crippen MR) is 111 cm³/mol. The Morgan fingerprint density at radius 2 is 2.11 bits per heavy atom. The third kappa shape index (κ3) is 4.26. The molecule has 28 heavy (non-hydrogen) atoms. The first-order valence-electron chi connectivity index (χ1n) is 8.75. The monoisotopic (exact) mass is 440 g/mol. The van der Waals surface area contributed by atoms with Crippen LogP contribution >= 0.6 is 23.4 Å². The van der Waals surface area contributed by atoms with E-state index in [4.69, 9.17) is 11.6 Å². The molecule has 3 rings (SSSR count). The van der Waals surface area contributed by atoms with Gasteiger partial charge in [-0.15, -0.1) is 0 Å². The molecular weight excluding hydrogens is 420 g/mol. The van der Waals surface area contributed by atoms with E-state index in [0.717, 1.165) is 18.2 Å². The number of sulfonamides is 1. The molecule has 1 aliphatic heterocycles. The first-order chi connectivity index (χ1) is 13.2. The van der Waals surface area contributed by atoms with Crippen LogP contribution in [0.15, 0.2) is 34.4 Å². The van der Waals surface area contributed by atoms with E-state index < -0.39 is 10.0 Å². The Labute approximate surface area is 173 Å². The summed E-state index contributed by atoms with van der Waals surface area (Å²) in [5.41, 5.74) is 1.41. The lowest BCUT2D eigenvalue weighted by molar-refractivity contribution is -0.118. The van der Waals surface area contributed by atoms with Gasteiger partial charge in [0.25, 0.3) is 10.0 Å². The van der Waals surface area contributed by atoms with E-state index >= 15 is 0 Å². The topological polar surface area (TPSA) is 92.3 Å². The minimum absolute atomic E-state index is 0.0236. The number of fused-ring (bicyclic) bond motifs is 3. The second-order valence-corrected chi connectivity index (χ2v) is 10.1. The minimum atomic E-state index is -3.74. The van der Waals surface area contributed by atoms with Gasteiger partial charge in [0.2, 0.25) is 5.91 Å². The van der Waals surface area contributed by atoms with Gasteiger partial charge in [-0.2, -0.15) is 0 Å². The molecule has 0 fully saturated rings. The molecule has 1 aromatic carbocycles. The summed E-state index contributed by atoms with van der Waals surface area (Å²) >= 11 is 7.27. The molecule has 1 N–H and O–H groups in total. The van der Waals surface area contributed by atoms with E-state index in [-0.39, 0.29) is 16.6 Å². The number of nitrogens with one attached hydrogen (secondary N) is 1. The molecule has 2 aromatic rings. The fraction of sp³-hybridized carbons (Fsp3) is 0.389. The van der Waals surface area contributed by atoms with E-state index in [0.29, 0.717) is 39.6 Å². The SMILES string of the molecule is CC(C)CCNC(=O)CSc1ncc2c(n1)-c1cc(Cl)ccc1N(C)S2(=O)=O. The number of rotatable bonds is 6. The van der Waals surface area contributed by atoms with Crippen molar-refractivity contribution in [1.29, 1.82) is 0 Å². The van der Waals surface area contributed by atoms with Crippen molar-refractivity contribution in [3.8, 4) is 11.3 Å². The van der Waals surface area contributed by atoms with E-state index in [9.17, 15) is 13.2 Å². The zero-order valence-corrected chi connectivity index (χ0v) is 18.2. The number of thioether (sulfide) groups is 1. The summed E-state index contributed by atoms with van der Waals surface area (Å²) in [6.45, 7) is 4.81. The van der Waals surface area contributed by atoms with Gasteiger partial charge in [0.1, 0.15) is 4.90 Å². The van der Waals surface area contributed by atoms with Crippen molar-refractivity contribution < 1.29 is 13.2 Å². The summed E-state index contributed by atoms with van der Waals surface area (Å²) in [7, 11) is -2.26. The van der Waals surface area contributed by atoms with Crippen LogP contribution < -0.4 is 9.62 Å². The average molecular weight is 441 g/mol. The molecule has 1 aromatic heterocycles. The zero-order chi connectivity index (χ0) is 20.5. The number of benzene rings is 1. The highest BCUT2D eigenvalue weighted by Gasteiger charge is 2.34. The summed E-state index contributed by atoms with van der Waals surface area (Å²) in [5.74, 6) is 0.568. The van der Waals surface area contributed by atoms with Crippen LogP contribution in [0.5, 0.6) is 0 Å². The maximum atomic E-state index is 12.7. The van der Waals surface area contributed by atoms with Crippen molar-refractivity contribution in [2.24, 2.45) is 5.92 Å². The molecule has 2 heterocycles. The van der Waals surface area contributed by atoms with Crippen molar-refractivity contribution in [3.63, 3.8) is 0 Å². The lowest BCUT2D eigenvalue weighted by Crippen LogP contribution is -2.31. The van der Waals surface area contributed by atoms with Crippen LogP contribution in [0.1, 0.15) is 20.3 Å². The van der Waals surface area contributed by atoms with Gasteiger partial charge in [-0.05, 0) is 30.5 Å². The summed E-state index contributed by atoms with van der Waals surface area (Å²) in [6, 6.07) is 4.96. The smallest absolute Gasteiger partial charge is 0.267 e. The summed E-state index contributed by atoms with van der Waals surface area (Å²) in [4.78, 5) is 20.5. The molecule has 1 aliphatic rings. The molecule has 0 saturated heterocycles. The minimum Gasteiger partial charge on any atom is -0.355 e. The molecule has 7 nitrogen and oxygen atoms in total. The van der Waals surface area contributed by atoms with Gasteiger partial charge in [0.05, 0.1) is 23.3 Å². The largest absolute Gasteiger partial charge is 0.355 e. The van der Waals surface area contributed by atoms with E-state index in [1.165, 1.54) is 17.5 Å². The molecule has 0 radical (unpaired) electrons. The number of amides is 1. The molecule has 150 valence electrons. The zero-order valence-electron chi connectivity index (χ0n) is 15.8. The Bertz CT molecular complexity index is 1010. The fourth-order valence-electron chi connectivity index (χ4n) is 2.74. The second kappa shape index (κ2) is 8.26. The van der Waals surface area contributed by atoms with Crippen LogP contribution in [0.4, 0.5) is 5.69 Å². The maximum absolute atomic E-state index is 12.7. The number of hydrogen-bond acceptors (Lipinski definition) is 6.